The van der Waals surface area contributed by atoms with Crippen LogP contribution in [0.4, 0.5) is 6.01 Å². The summed E-state index contributed by atoms with van der Waals surface area (Å²) >= 11 is 0. The fraction of sp³-hybridized carbons (Fsp3) is 0.818. The molecule has 0 bridgehead atoms. The highest BCUT2D eigenvalue weighted by Crippen LogP contribution is 2.17. The number of unbranched alkanes of at least 4 members (excludes halogenated alkanes) is 1. The second-order valence-electron chi connectivity index (χ2n) is 4.00. The van der Waals surface area contributed by atoms with Crippen LogP contribution in [-0.2, 0) is 0 Å². The molecule has 0 aromatic carbocycles. The van der Waals surface area contributed by atoms with E-state index < -0.39 is 0 Å². The molecular formula is C11H22N4O2. The van der Waals surface area contributed by atoms with E-state index >= 15 is 0 Å². The number of hydrogen-bond acceptors (Lipinski definition) is 6. The molecule has 0 aliphatic heterocycles. The summed E-state index contributed by atoms with van der Waals surface area (Å²) in [5, 5.41) is 20.1. The van der Waals surface area contributed by atoms with E-state index in [-0.39, 0.29) is 12.6 Å². The number of aromatic nitrogens is 2. The molecule has 6 nitrogen and oxygen atoms in total. The molecule has 0 aliphatic carbocycles. The molecule has 0 radical (unpaired) electrons. The van der Waals surface area contributed by atoms with Gasteiger partial charge in [-0.05, 0) is 20.4 Å². The van der Waals surface area contributed by atoms with Crippen LogP contribution in [0.3, 0.4) is 0 Å². The average Bonchev–Trinajstić information content (AvgIpc) is 2.83. The molecule has 6 heteroatoms. The maximum absolute atomic E-state index is 9.02. The van der Waals surface area contributed by atoms with Crippen molar-refractivity contribution in [2.24, 2.45) is 0 Å². The lowest BCUT2D eigenvalue weighted by Gasteiger charge is -2.18. The Hall–Kier alpha value is -1.14. The van der Waals surface area contributed by atoms with Gasteiger partial charge < -0.3 is 19.7 Å². The van der Waals surface area contributed by atoms with Gasteiger partial charge in [-0.1, -0.05) is 18.4 Å². The molecule has 1 aromatic rings. The number of nitrogens with zero attached hydrogens (tertiary/aromatic N) is 3. The van der Waals surface area contributed by atoms with E-state index in [1.165, 1.54) is 0 Å². The molecule has 1 atom stereocenters. The third kappa shape index (κ3) is 3.98. The minimum Gasteiger partial charge on any atom is -0.406 e. The lowest BCUT2D eigenvalue weighted by Crippen LogP contribution is -2.28. The summed E-state index contributed by atoms with van der Waals surface area (Å²) in [6, 6.07) is 0.531. The summed E-state index contributed by atoms with van der Waals surface area (Å²) in [5.41, 5.74) is 0. The Kier molecular flexibility index (Phi) is 5.93. The van der Waals surface area contributed by atoms with Crippen molar-refractivity contribution in [3.63, 3.8) is 0 Å². The van der Waals surface area contributed by atoms with E-state index in [1.54, 1.807) is 0 Å². The Morgan fingerprint density at radius 1 is 1.41 bits per heavy atom. The first kappa shape index (κ1) is 13.9. The minimum atomic E-state index is 0.0402. The van der Waals surface area contributed by atoms with E-state index in [4.69, 9.17) is 9.52 Å². The van der Waals surface area contributed by atoms with Crippen LogP contribution in [0.15, 0.2) is 4.42 Å². The number of rotatable bonds is 8. The first-order chi connectivity index (χ1) is 8.22. The number of aliphatic hydroxyl groups is 1. The van der Waals surface area contributed by atoms with Crippen molar-refractivity contribution < 1.29 is 9.52 Å². The first-order valence-electron chi connectivity index (χ1n) is 6.09. The molecule has 2 N–H and O–H groups in total. The summed E-state index contributed by atoms with van der Waals surface area (Å²) in [4.78, 5) is 1.92. The molecule has 0 spiro atoms. The van der Waals surface area contributed by atoms with E-state index in [2.05, 4.69) is 22.4 Å². The second kappa shape index (κ2) is 7.24. The van der Waals surface area contributed by atoms with Crippen molar-refractivity contribution in [3.05, 3.63) is 5.89 Å². The molecule has 1 unspecified atom stereocenters. The highest BCUT2D eigenvalue weighted by molar-refractivity contribution is 5.23. The van der Waals surface area contributed by atoms with Gasteiger partial charge in [-0.2, -0.15) is 0 Å². The number of aliphatic hydroxyl groups excluding tert-OH is 1. The zero-order valence-corrected chi connectivity index (χ0v) is 10.8. The predicted molar refractivity (Wildman–Crippen MR) is 66.0 cm³/mol. The van der Waals surface area contributed by atoms with E-state index in [1.807, 2.05) is 18.9 Å². The first-order valence-corrected chi connectivity index (χ1v) is 6.09. The lowest BCUT2D eigenvalue weighted by molar-refractivity contribution is 0.297. The van der Waals surface area contributed by atoms with Crippen molar-refractivity contribution in [1.82, 2.24) is 15.5 Å². The SMILES string of the molecule is CCCCN(CCO)c1nnc(C(C)NC)o1. The van der Waals surface area contributed by atoms with Crippen LogP contribution in [0.5, 0.6) is 0 Å². The molecule has 1 aromatic heterocycles. The van der Waals surface area contributed by atoms with Gasteiger partial charge in [-0.25, -0.2) is 0 Å². The minimum absolute atomic E-state index is 0.0402. The van der Waals surface area contributed by atoms with Gasteiger partial charge in [0, 0.05) is 13.1 Å². The highest BCUT2D eigenvalue weighted by atomic mass is 16.4. The number of nitrogens with one attached hydrogen (secondary N) is 1. The quantitative estimate of drug-likeness (QED) is 0.707. The third-order valence-corrected chi connectivity index (χ3v) is 2.66. The van der Waals surface area contributed by atoms with Gasteiger partial charge in [0.05, 0.1) is 12.6 Å². The molecule has 0 fully saturated rings. The Morgan fingerprint density at radius 3 is 2.76 bits per heavy atom. The Morgan fingerprint density at radius 2 is 2.18 bits per heavy atom. The molecule has 98 valence electrons. The average molecular weight is 242 g/mol. The summed E-state index contributed by atoms with van der Waals surface area (Å²) in [7, 11) is 1.84. The van der Waals surface area contributed by atoms with Crippen molar-refractivity contribution in [2.75, 3.05) is 31.6 Å². The molecule has 0 saturated heterocycles. The van der Waals surface area contributed by atoms with Crippen LogP contribution in [0.25, 0.3) is 0 Å². The van der Waals surface area contributed by atoms with Crippen molar-refractivity contribution in [1.29, 1.82) is 0 Å². The fourth-order valence-electron chi connectivity index (χ4n) is 1.43. The summed E-state index contributed by atoms with van der Waals surface area (Å²) < 4.78 is 5.58. The molecule has 0 amide bonds. The monoisotopic (exact) mass is 242 g/mol. The molecule has 17 heavy (non-hydrogen) atoms. The maximum atomic E-state index is 9.02. The number of anilines is 1. The van der Waals surface area contributed by atoms with Crippen LogP contribution >= 0.6 is 0 Å². The molecular weight excluding hydrogens is 220 g/mol. The van der Waals surface area contributed by atoms with E-state index in [0.717, 1.165) is 19.4 Å². The fourth-order valence-corrected chi connectivity index (χ4v) is 1.43. The largest absolute Gasteiger partial charge is 0.406 e. The third-order valence-electron chi connectivity index (χ3n) is 2.66. The summed E-state index contributed by atoms with van der Waals surface area (Å²) in [5.74, 6) is 0.571. The van der Waals surface area contributed by atoms with Crippen molar-refractivity contribution in [3.8, 4) is 0 Å². The van der Waals surface area contributed by atoms with Gasteiger partial charge in [0.15, 0.2) is 0 Å². The summed E-state index contributed by atoms with van der Waals surface area (Å²) in [6.07, 6.45) is 2.13. The topological polar surface area (TPSA) is 74.4 Å². The van der Waals surface area contributed by atoms with Crippen molar-refractivity contribution in [2.45, 2.75) is 32.7 Å². The normalized spacial score (nSPS) is 12.7. The van der Waals surface area contributed by atoms with Gasteiger partial charge in [0.1, 0.15) is 0 Å². The second-order valence-corrected chi connectivity index (χ2v) is 4.00. The van der Waals surface area contributed by atoms with Gasteiger partial charge in [-0.15, -0.1) is 5.10 Å². The smallest absolute Gasteiger partial charge is 0.318 e. The molecule has 0 aliphatic rings. The zero-order chi connectivity index (χ0) is 12.7. The van der Waals surface area contributed by atoms with Gasteiger partial charge in [0.25, 0.3) is 0 Å². The van der Waals surface area contributed by atoms with Crippen LogP contribution in [0, 0.1) is 0 Å². The lowest BCUT2D eigenvalue weighted by atomic mass is 10.3. The van der Waals surface area contributed by atoms with Gasteiger partial charge in [0.2, 0.25) is 5.89 Å². The zero-order valence-electron chi connectivity index (χ0n) is 10.8. The van der Waals surface area contributed by atoms with Crippen LogP contribution in [0.2, 0.25) is 0 Å². The maximum Gasteiger partial charge on any atom is 0.318 e. The van der Waals surface area contributed by atoms with Crippen LogP contribution in [0.1, 0.15) is 38.6 Å². The Bertz CT molecular complexity index is 316. The highest BCUT2D eigenvalue weighted by Gasteiger charge is 2.16. The van der Waals surface area contributed by atoms with E-state index in [9.17, 15) is 0 Å². The van der Waals surface area contributed by atoms with Gasteiger partial charge in [-0.3, -0.25) is 0 Å². The van der Waals surface area contributed by atoms with Crippen LogP contribution < -0.4 is 10.2 Å². The van der Waals surface area contributed by atoms with Crippen LogP contribution in [-0.4, -0.2) is 42.0 Å². The Labute approximate surface area is 102 Å². The molecule has 0 saturated carbocycles. The standard InChI is InChI=1S/C11H22N4O2/c1-4-5-6-15(7-8-16)11-14-13-10(17-11)9(2)12-3/h9,12,16H,4-8H2,1-3H3. The van der Waals surface area contributed by atoms with Crippen molar-refractivity contribution >= 4 is 6.01 Å². The predicted octanol–water partition coefficient (Wildman–Crippen LogP) is 0.949. The molecule has 1 rings (SSSR count). The number of hydrogen-bond donors (Lipinski definition) is 2. The molecule has 1 heterocycles. The van der Waals surface area contributed by atoms with E-state index in [0.29, 0.717) is 18.5 Å². The summed E-state index contributed by atoms with van der Waals surface area (Å²) in [6.45, 7) is 5.52. The Balaban J connectivity index is 2.69. The van der Waals surface area contributed by atoms with Gasteiger partial charge >= 0.3 is 6.01 Å².